The molecule has 1 aliphatic rings. The summed E-state index contributed by atoms with van der Waals surface area (Å²) < 4.78 is 4.96. The third kappa shape index (κ3) is 4.19. The van der Waals surface area contributed by atoms with Crippen molar-refractivity contribution in [2.24, 2.45) is 0 Å². The fourth-order valence-corrected chi connectivity index (χ4v) is 2.46. The molecule has 1 saturated heterocycles. The average molecular weight is 292 g/mol. The van der Waals surface area contributed by atoms with Gasteiger partial charge in [0.25, 0.3) is 0 Å². The Kier molecular flexibility index (Phi) is 5.59. The standard InChI is InChI=1S/C16H24N2O3/c1-3-5-15(19)11-17-12(2)13-6-4-7-14(10-13)18-8-9-21-16(18)20/h4,6-7,10,12,15,17,19H,3,5,8-9,11H2,1-2H3. The normalized spacial score (nSPS) is 17.7. The van der Waals surface area contributed by atoms with Gasteiger partial charge in [-0.1, -0.05) is 25.5 Å². The highest BCUT2D eigenvalue weighted by Gasteiger charge is 2.23. The smallest absolute Gasteiger partial charge is 0.414 e. The van der Waals surface area contributed by atoms with Crippen molar-refractivity contribution in [1.29, 1.82) is 0 Å². The minimum Gasteiger partial charge on any atom is -0.447 e. The first-order chi connectivity index (χ1) is 10.1. The van der Waals surface area contributed by atoms with Crippen LogP contribution in [0.1, 0.15) is 38.3 Å². The number of benzene rings is 1. The van der Waals surface area contributed by atoms with E-state index in [1.165, 1.54) is 0 Å². The van der Waals surface area contributed by atoms with E-state index in [1.54, 1.807) is 4.90 Å². The number of amides is 1. The Balaban J connectivity index is 1.98. The first-order valence-corrected chi connectivity index (χ1v) is 7.57. The highest BCUT2D eigenvalue weighted by molar-refractivity contribution is 5.89. The minimum atomic E-state index is -0.311. The van der Waals surface area contributed by atoms with Crippen molar-refractivity contribution in [2.75, 3.05) is 24.6 Å². The van der Waals surface area contributed by atoms with Crippen LogP contribution in [0.15, 0.2) is 24.3 Å². The van der Waals surface area contributed by atoms with Crippen molar-refractivity contribution >= 4 is 11.8 Å². The molecule has 1 amide bonds. The summed E-state index contributed by atoms with van der Waals surface area (Å²) in [6, 6.07) is 7.99. The van der Waals surface area contributed by atoms with Gasteiger partial charge in [-0.2, -0.15) is 0 Å². The average Bonchev–Trinajstić information content (AvgIpc) is 2.91. The Morgan fingerprint density at radius 2 is 2.29 bits per heavy atom. The fourth-order valence-electron chi connectivity index (χ4n) is 2.46. The van der Waals surface area contributed by atoms with Crippen LogP contribution in [-0.4, -0.2) is 37.0 Å². The molecule has 21 heavy (non-hydrogen) atoms. The van der Waals surface area contributed by atoms with Gasteiger partial charge >= 0.3 is 6.09 Å². The maximum atomic E-state index is 11.6. The number of aliphatic hydroxyl groups excluding tert-OH is 1. The molecule has 0 aromatic heterocycles. The van der Waals surface area contributed by atoms with Gasteiger partial charge in [0, 0.05) is 18.3 Å². The largest absolute Gasteiger partial charge is 0.447 e. The van der Waals surface area contributed by atoms with Crippen LogP contribution in [0, 0.1) is 0 Å². The zero-order valence-electron chi connectivity index (χ0n) is 12.7. The number of cyclic esters (lactones) is 1. The molecular formula is C16H24N2O3. The molecule has 1 aliphatic heterocycles. The van der Waals surface area contributed by atoms with Crippen LogP contribution in [0.2, 0.25) is 0 Å². The lowest BCUT2D eigenvalue weighted by molar-refractivity contribution is 0.157. The van der Waals surface area contributed by atoms with Gasteiger partial charge in [-0.15, -0.1) is 0 Å². The molecule has 5 heteroatoms. The van der Waals surface area contributed by atoms with Crippen LogP contribution in [-0.2, 0) is 4.74 Å². The molecule has 1 aromatic rings. The molecular weight excluding hydrogens is 268 g/mol. The Morgan fingerprint density at radius 3 is 2.95 bits per heavy atom. The van der Waals surface area contributed by atoms with Crippen LogP contribution in [0.5, 0.6) is 0 Å². The van der Waals surface area contributed by atoms with E-state index in [9.17, 15) is 9.90 Å². The van der Waals surface area contributed by atoms with E-state index in [0.29, 0.717) is 19.7 Å². The summed E-state index contributed by atoms with van der Waals surface area (Å²) >= 11 is 0. The van der Waals surface area contributed by atoms with E-state index in [0.717, 1.165) is 24.1 Å². The molecule has 2 unspecified atom stereocenters. The fraction of sp³-hybridized carbons (Fsp3) is 0.562. The third-order valence-corrected chi connectivity index (χ3v) is 3.72. The third-order valence-electron chi connectivity index (χ3n) is 3.72. The Morgan fingerprint density at radius 1 is 1.48 bits per heavy atom. The van der Waals surface area contributed by atoms with Gasteiger partial charge in [-0.05, 0) is 31.0 Å². The van der Waals surface area contributed by atoms with Crippen LogP contribution in [0.25, 0.3) is 0 Å². The molecule has 0 bridgehead atoms. The quantitative estimate of drug-likeness (QED) is 0.810. The first-order valence-electron chi connectivity index (χ1n) is 7.57. The first kappa shape index (κ1) is 15.8. The molecule has 0 spiro atoms. The van der Waals surface area contributed by atoms with Crippen LogP contribution in [0.3, 0.4) is 0 Å². The summed E-state index contributed by atoms with van der Waals surface area (Å²) in [5.74, 6) is 0. The second-order valence-electron chi connectivity index (χ2n) is 5.43. The number of hydrogen-bond donors (Lipinski definition) is 2. The molecule has 1 fully saturated rings. The predicted octanol–water partition coefficient (Wildman–Crippen LogP) is 2.45. The van der Waals surface area contributed by atoms with Gasteiger partial charge in [0.2, 0.25) is 0 Å². The summed E-state index contributed by atoms with van der Waals surface area (Å²) in [7, 11) is 0. The summed E-state index contributed by atoms with van der Waals surface area (Å²) in [6.45, 7) is 5.73. The predicted molar refractivity (Wildman–Crippen MR) is 82.5 cm³/mol. The van der Waals surface area contributed by atoms with E-state index in [-0.39, 0.29) is 18.2 Å². The molecule has 0 radical (unpaired) electrons. The van der Waals surface area contributed by atoms with Crippen LogP contribution < -0.4 is 10.2 Å². The van der Waals surface area contributed by atoms with Crippen molar-refractivity contribution < 1.29 is 14.6 Å². The van der Waals surface area contributed by atoms with Crippen LogP contribution in [0.4, 0.5) is 10.5 Å². The van der Waals surface area contributed by atoms with Gasteiger partial charge in [0.15, 0.2) is 0 Å². The van der Waals surface area contributed by atoms with Crippen molar-refractivity contribution in [1.82, 2.24) is 5.32 Å². The molecule has 0 saturated carbocycles. The SMILES string of the molecule is CCCC(O)CNC(C)c1cccc(N2CCOC2=O)c1. The molecule has 2 N–H and O–H groups in total. The van der Waals surface area contributed by atoms with E-state index in [2.05, 4.69) is 19.2 Å². The van der Waals surface area contributed by atoms with Crippen molar-refractivity contribution in [3.05, 3.63) is 29.8 Å². The Labute approximate surface area is 125 Å². The number of ether oxygens (including phenoxy) is 1. The number of nitrogens with one attached hydrogen (secondary N) is 1. The highest BCUT2D eigenvalue weighted by atomic mass is 16.6. The Bertz CT molecular complexity index is 478. The monoisotopic (exact) mass is 292 g/mol. The lowest BCUT2D eigenvalue weighted by Gasteiger charge is -2.19. The number of carbonyl (C=O) groups excluding carboxylic acids is 1. The molecule has 0 aliphatic carbocycles. The summed E-state index contributed by atoms with van der Waals surface area (Å²) in [4.78, 5) is 13.2. The van der Waals surface area contributed by atoms with E-state index in [4.69, 9.17) is 4.74 Å². The number of hydrogen-bond acceptors (Lipinski definition) is 4. The molecule has 5 nitrogen and oxygen atoms in total. The molecule has 2 rings (SSSR count). The second-order valence-corrected chi connectivity index (χ2v) is 5.43. The van der Waals surface area contributed by atoms with Gasteiger partial charge in [-0.3, -0.25) is 4.90 Å². The van der Waals surface area contributed by atoms with Crippen molar-refractivity contribution in [3.63, 3.8) is 0 Å². The minimum absolute atomic E-state index is 0.120. The highest BCUT2D eigenvalue weighted by Crippen LogP contribution is 2.23. The van der Waals surface area contributed by atoms with Crippen LogP contribution >= 0.6 is 0 Å². The topological polar surface area (TPSA) is 61.8 Å². The maximum absolute atomic E-state index is 11.6. The number of anilines is 1. The van der Waals surface area contributed by atoms with E-state index in [1.807, 2.05) is 24.3 Å². The molecule has 2 atom stereocenters. The number of carbonyl (C=O) groups is 1. The zero-order valence-corrected chi connectivity index (χ0v) is 12.7. The van der Waals surface area contributed by atoms with Crippen molar-refractivity contribution in [3.8, 4) is 0 Å². The molecule has 1 aromatic carbocycles. The zero-order chi connectivity index (χ0) is 15.2. The van der Waals surface area contributed by atoms with E-state index < -0.39 is 0 Å². The summed E-state index contributed by atoms with van der Waals surface area (Å²) in [5.41, 5.74) is 1.95. The van der Waals surface area contributed by atoms with Gasteiger partial charge in [0.1, 0.15) is 6.61 Å². The lowest BCUT2D eigenvalue weighted by atomic mass is 10.1. The van der Waals surface area contributed by atoms with Gasteiger partial charge < -0.3 is 15.2 Å². The van der Waals surface area contributed by atoms with Gasteiger partial charge in [-0.25, -0.2) is 4.79 Å². The lowest BCUT2D eigenvalue weighted by Crippen LogP contribution is -2.29. The van der Waals surface area contributed by atoms with Gasteiger partial charge in [0.05, 0.1) is 12.6 Å². The Hall–Kier alpha value is -1.59. The number of nitrogens with zero attached hydrogens (tertiary/aromatic N) is 1. The molecule has 1 heterocycles. The number of aliphatic hydroxyl groups is 1. The maximum Gasteiger partial charge on any atom is 0.414 e. The second kappa shape index (κ2) is 7.43. The summed E-state index contributed by atoms with van der Waals surface area (Å²) in [6.07, 6.45) is 1.18. The number of rotatable bonds is 7. The van der Waals surface area contributed by atoms with E-state index >= 15 is 0 Å². The summed E-state index contributed by atoms with van der Waals surface area (Å²) in [5, 5.41) is 13.1. The van der Waals surface area contributed by atoms with Crippen molar-refractivity contribution in [2.45, 2.75) is 38.8 Å². The molecule has 116 valence electrons.